The Labute approximate surface area is 98.5 Å². The molecule has 0 aliphatic heterocycles. The van der Waals surface area contributed by atoms with Crippen molar-refractivity contribution >= 4 is 17.2 Å². The van der Waals surface area contributed by atoms with Crippen molar-refractivity contribution in [3.05, 3.63) is 28.3 Å². The van der Waals surface area contributed by atoms with Gasteiger partial charge in [0.05, 0.1) is 7.05 Å². The molecule has 0 aliphatic rings. The van der Waals surface area contributed by atoms with Crippen molar-refractivity contribution in [3.63, 3.8) is 0 Å². The normalized spacial score (nSPS) is 11.4. The summed E-state index contributed by atoms with van der Waals surface area (Å²) >= 11 is 0. The van der Waals surface area contributed by atoms with E-state index in [-0.39, 0.29) is 17.4 Å². The monoisotopic (exact) mass is 238 g/mol. The van der Waals surface area contributed by atoms with Crippen LogP contribution in [-0.4, -0.2) is 39.3 Å². The molecular formula is C10H14N4O3. The SMILES string of the molecule is CC(=O)C(=CN(C)C)c1ncc([N+](=O)[O-])n1C. The van der Waals surface area contributed by atoms with Gasteiger partial charge >= 0.3 is 5.82 Å². The molecule has 0 N–H and O–H groups in total. The summed E-state index contributed by atoms with van der Waals surface area (Å²) in [6.45, 7) is 1.40. The molecule has 0 aliphatic carbocycles. The molecule has 0 saturated carbocycles. The molecule has 1 aromatic rings. The van der Waals surface area contributed by atoms with Gasteiger partial charge in [-0.1, -0.05) is 0 Å². The largest absolute Gasteiger partial charge is 0.383 e. The fraction of sp³-hybridized carbons (Fsp3) is 0.400. The van der Waals surface area contributed by atoms with Crippen molar-refractivity contribution in [2.75, 3.05) is 14.1 Å². The lowest BCUT2D eigenvalue weighted by atomic mass is 10.2. The predicted molar refractivity (Wildman–Crippen MR) is 62.2 cm³/mol. The fourth-order valence-electron chi connectivity index (χ4n) is 1.38. The lowest BCUT2D eigenvalue weighted by molar-refractivity contribution is -0.391. The molecule has 1 aromatic heterocycles. The zero-order valence-corrected chi connectivity index (χ0v) is 10.2. The van der Waals surface area contributed by atoms with Crippen molar-refractivity contribution in [3.8, 4) is 0 Å². The Morgan fingerprint density at radius 3 is 2.53 bits per heavy atom. The average Bonchev–Trinajstić information content (AvgIpc) is 2.56. The fourth-order valence-corrected chi connectivity index (χ4v) is 1.38. The van der Waals surface area contributed by atoms with Crippen LogP contribution in [0.25, 0.3) is 5.57 Å². The molecule has 1 heterocycles. The molecule has 0 saturated heterocycles. The zero-order valence-electron chi connectivity index (χ0n) is 10.2. The molecule has 7 heteroatoms. The molecule has 0 bridgehead atoms. The number of carbonyl (C=O) groups is 1. The van der Waals surface area contributed by atoms with Crippen LogP contribution < -0.4 is 0 Å². The second kappa shape index (κ2) is 4.77. The maximum absolute atomic E-state index is 11.5. The maximum Gasteiger partial charge on any atom is 0.342 e. The summed E-state index contributed by atoms with van der Waals surface area (Å²) in [4.78, 5) is 27.2. The highest BCUT2D eigenvalue weighted by atomic mass is 16.6. The van der Waals surface area contributed by atoms with Crippen molar-refractivity contribution in [2.24, 2.45) is 7.05 Å². The first-order valence-electron chi connectivity index (χ1n) is 4.90. The summed E-state index contributed by atoms with van der Waals surface area (Å²) in [5.74, 6) is -0.0499. The van der Waals surface area contributed by atoms with Gasteiger partial charge in [0.1, 0.15) is 11.8 Å². The van der Waals surface area contributed by atoms with E-state index in [0.717, 1.165) is 6.20 Å². The van der Waals surface area contributed by atoms with E-state index in [4.69, 9.17) is 0 Å². The standard InChI is InChI=1S/C10H14N4O3/c1-7(15)8(6-12(2)3)10-11-5-9(13(10)4)14(16)17/h5-6H,1-4H3. The molecule has 0 amide bonds. The van der Waals surface area contributed by atoms with E-state index in [1.165, 1.54) is 18.5 Å². The lowest BCUT2D eigenvalue weighted by Gasteiger charge is -2.07. The number of imidazole rings is 1. The number of ketones is 1. The van der Waals surface area contributed by atoms with Gasteiger partial charge in [0, 0.05) is 20.3 Å². The minimum atomic E-state index is -0.538. The Morgan fingerprint density at radius 2 is 2.18 bits per heavy atom. The van der Waals surface area contributed by atoms with Crippen molar-refractivity contribution in [2.45, 2.75) is 6.92 Å². The Hall–Kier alpha value is -2.18. The van der Waals surface area contributed by atoms with Gasteiger partial charge in [-0.15, -0.1) is 0 Å². The van der Waals surface area contributed by atoms with Crippen LogP contribution >= 0.6 is 0 Å². The first-order valence-corrected chi connectivity index (χ1v) is 4.90. The van der Waals surface area contributed by atoms with Gasteiger partial charge in [0.15, 0.2) is 5.78 Å². The van der Waals surface area contributed by atoms with E-state index in [9.17, 15) is 14.9 Å². The summed E-state index contributed by atoms with van der Waals surface area (Å²) in [5, 5.41) is 10.7. The van der Waals surface area contributed by atoms with Crippen LogP contribution in [0.15, 0.2) is 12.4 Å². The first-order chi connectivity index (χ1) is 7.84. The van der Waals surface area contributed by atoms with Crippen molar-refractivity contribution in [1.82, 2.24) is 14.5 Å². The van der Waals surface area contributed by atoms with Crippen LogP contribution in [0.1, 0.15) is 12.7 Å². The Bertz CT molecular complexity index is 488. The number of hydrogen-bond donors (Lipinski definition) is 0. The van der Waals surface area contributed by atoms with E-state index in [1.807, 2.05) is 0 Å². The van der Waals surface area contributed by atoms with E-state index < -0.39 is 4.92 Å². The molecule has 0 spiro atoms. The molecule has 0 fully saturated rings. The third-order valence-corrected chi connectivity index (χ3v) is 2.16. The average molecular weight is 238 g/mol. The Kier molecular flexibility index (Phi) is 3.62. The summed E-state index contributed by atoms with van der Waals surface area (Å²) in [6, 6.07) is 0. The van der Waals surface area contributed by atoms with Crippen LogP contribution in [0.3, 0.4) is 0 Å². The minimum Gasteiger partial charge on any atom is -0.383 e. The lowest BCUT2D eigenvalue weighted by Crippen LogP contribution is -2.10. The quantitative estimate of drug-likeness (QED) is 0.440. The summed E-state index contributed by atoms with van der Waals surface area (Å²) < 4.78 is 1.29. The summed E-state index contributed by atoms with van der Waals surface area (Å²) in [5.41, 5.74) is 0.339. The second-order valence-corrected chi connectivity index (χ2v) is 3.82. The van der Waals surface area contributed by atoms with Gasteiger partial charge in [-0.05, 0) is 11.8 Å². The van der Waals surface area contributed by atoms with Crippen LogP contribution in [0.4, 0.5) is 5.82 Å². The second-order valence-electron chi connectivity index (χ2n) is 3.82. The maximum atomic E-state index is 11.5. The van der Waals surface area contributed by atoms with Crippen molar-refractivity contribution in [1.29, 1.82) is 0 Å². The van der Waals surface area contributed by atoms with Crippen LogP contribution in [0.2, 0.25) is 0 Å². The van der Waals surface area contributed by atoms with E-state index in [0.29, 0.717) is 5.57 Å². The molecule has 92 valence electrons. The van der Waals surface area contributed by atoms with Gasteiger partial charge < -0.3 is 15.0 Å². The van der Waals surface area contributed by atoms with Crippen LogP contribution in [0, 0.1) is 10.1 Å². The summed E-state index contributed by atoms with van der Waals surface area (Å²) in [7, 11) is 5.04. The molecule has 1 rings (SSSR count). The molecule has 0 unspecified atom stereocenters. The highest BCUT2D eigenvalue weighted by Crippen LogP contribution is 2.19. The molecular weight excluding hydrogens is 224 g/mol. The third kappa shape index (κ3) is 2.68. The highest BCUT2D eigenvalue weighted by Gasteiger charge is 2.22. The third-order valence-electron chi connectivity index (χ3n) is 2.16. The Morgan fingerprint density at radius 1 is 1.59 bits per heavy atom. The molecule has 0 radical (unpaired) electrons. The van der Waals surface area contributed by atoms with E-state index >= 15 is 0 Å². The summed E-state index contributed by atoms with van der Waals surface area (Å²) in [6.07, 6.45) is 2.73. The molecule has 7 nitrogen and oxygen atoms in total. The highest BCUT2D eigenvalue weighted by molar-refractivity contribution is 6.18. The number of nitrogens with zero attached hydrogens (tertiary/aromatic N) is 4. The predicted octanol–water partition coefficient (Wildman–Crippen LogP) is 0.820. The van der Waals surface area contributed by atoms with E-state index in [2.05, 4.69) is 4.98 Å². The van der Waals surface area contributed by atoms with Crippen molar-refractivity contribution < 1.29 is 9.72 Å². The number of allylic oxidation sites excluding steroid dienone is 1. The van der Waals surface area contributed by atoms with E-state index in [1.54, 1.807) is 25.2 Å². The topological polar surface area (TPSA) is 81.3 Å². The van der Waals surface area contributed by atoms with Gasteiger partial charge in [0.25, 0.3) is 0 Å². The molecule has 17 heavy (non-hydrogen) atoms. The van der Waals surface area contributed by atoms with Gasteiger partial charge in [-0.2, -0.15) is 0 Å². The number of hydrogen-bond acceptors (Lipinski definition) is 5. The smallest absolute Gasteiger partial charge is 0.342 e. The number of rotatable bonds is 4. The number of carbonyl (C=O) groups excluding carboxylic acids is 1. The molecule has 0 aromatic carbocycles. The van der Waals surface area contributed by atoms with Crippen LogP contribution in [0.5, 0.6) is 0 Å². The number of nitro groups is 1. The van der Waals surface area contributed by atoms with Gasteiger partial charge in [-0.3, -0.25) is 4.79 Å². The first kappa shape index (κ1) is 12.9. The Balaban J connectivity index is 3.31. The number of Topliss-reactive ketones (excluding diaryl/α,β-unsaturated/α-hetero) is 1. The van der Waals surface area contributed by atoms with Crippen LogP contribution in [-0.2, 0) is 11.8 Å². The number of aromatic nitrogens is 2. The zero-order chi connectivity index (χ0) is 13.2. The minimum absolute atomic E-state index is 0.147. The molecule has 0 atom stereocenters. The van der Waals surface area contributed by atoms with Gasteiger partial charge in [-0.25, -0.2) is 9.55 Å². The van der Waals surface area contributed by atoms with Gasteiger partial charge in [0.2, 0.25) is 5.82 Å².